The van der Waals surface area contributed by atoms with E-state index in [0.717, 1.165) is 17.7 Å². The van der Waals surface area contributed by atoms with Gasteiger partial charge >= 0.3 is 5.97 Å². The maximum Gasteiger partial charge on any atom is 0.303 e. The lowest BCUT2D eigenvalue weighted by molar-refractivity contribution is -0.140. The first-order chi connectivity index (χ1) is 16.4. The second kappa shape index (κ2) is 10.4. The standard InChI is InChI=1S/C26H30F2N2O5/c1-26(2,3)23-19(27)13-16(14-20(23)28)29-25(34)24-18-9-8-17(35-4)12-15(18)10-11-30(24)21(31)6-5-7-22(32)33/h8-9,12-14,24H,5-7,10-11H2,1-4H3,(H,29,34)(H,32,33)/t24-/m1/s1. The molecule has 0 aliphatic carbocycles. The molecule has 2 aromatic carbocycles. The smallest absolute Gasteiger partial charge is 0.303 e. The van der Waals surface area contributed by atoms with Crippen molar-refractivity contribution in [3.63, 3.8) is 0 Å². The number of benzene rings is 2. The quantitative estimate of drug-likeness (QED) is 0.594. The highest BCUT2D eigenvalue weighted by atomic mass is 19.1. The van der Waals surface area contributed by atoms with E-state index in [9.17, 15) is 23.2 Å². The monoisotopic (exact) mass is 488 g/mol. The Hall–Kier alpha value is -3.49. The van der Waals surface area contributed by atoms with E-state index in [1.54, 1.807) is 39.0 Å². The molecule has 0 unspecified atom stereocenters. The van der Waals surface area contributed by atoms with Crippen LogP contribution < -0.4 is 10.1 Å². The third-order valence-corrected chi connectivity index (χ3v) is 5.99. The fourth-order valence-corrected chi connectivity index (χ4v) is 4.39. The van der Waals surface area contributed by atoms with Gasteiger partial charge in [-0.1, -0.05) is 26.8 Å². The number of carbonyl (C=O) groups is 3. The zero-order valence-corrected chi connectivity index (χ0v) is 20.3. The molecule has 35 heavy (non-hydrogen) atoms. The first-order valence-electron chi connectivity index (χ1n) is 11.4. The number of fused-ring (bicyclic) bond motifs is 1. The molecule has 1 aliphatic rings. The number of amides is 2. The molecule has 2 amide bonds. The second-order valence-electron chi connectivity index (χ2n) is 9.61. The topological polar surface area (TPSA) is 95.9 Å². The molecule has 3 rings (SSSR count). The molecule has 1 heterocycles. The summed E-state index contributed by atoms with van der Waals surface area (Å²) in [4.78, 5) is 38.6. The highest BCUT2D eigenvalue weighted by molar-refractivity contribution is 5.98. The fourth-order valence-electron chi connectivity index (χ4n) is 4.39. The van der Waals surface area contributed by atoms with E-state index in [0.29, 0.717) is 17.7 Å². The van der Waals surface area contributed by atoms with Crippen molar-refractivity contribution in [3.8, 4) is 5.75 Å². The molecule has 2 N–H and O–H groups in total. The van der Waals surface area contributed by atoms with Crippen LogP contribution in [0, 0.1) is 11.6 Å². The number of methoxy groups -OCH3 is 1. The van der Waals surface area contributed by atoms with Gasteiger partial charge in [-0.05, 0) is 53.6 Å². The Labute approximate surface area is 203 Å². The van der Waals surface area contributed by atoms with Crippen LogP contribution in [0.4, 0.5) is 14.5 Å². The average molecular weight is 489 g/mol. The van der Waals surface area contributed by atoms with Crippen molar-refractivity contribution in [2.45, 2.75) is 57.9 Å². The molecule has 2 aromatic rings. The molecular weight excluding hydrogens is 458 g/mol. The number of hydrogen-bond donors (Lipinski definition) is 2. The number of nitrogens with one attached hydrogen (secondary N) is 1. The van der Waals surface area contributed by atoms with E-state index in [1.807, 2.05) is 0 Å². The molecule has 0 fully saturated rings. The van der Waals surface area contributed by atoms with Gasteiger partial charge in [-0.2, -0.15) is 0 Å². The number of anilines is 1. The molecule has 7 nitrogen and oxygen atoms in total. The van der Waals surface area contributed by atoms with Crippen LogP contribution in [-0.4, -0.2) is 41.4 Å². The Morgan fingerprint density at radius 1 is 1.11 bits per heavy atom. The summed E-state index contributed by atoms with van der Waals surface area (Å²) in [6.07, 6.45) is 0.414. The Balaban J connectivity index is 1.93. The molecule has 1 aliphatic heterocycles. The highest BCUT2D eigenvalue weighted by Gasteiger charge is 2.36. The van der Waals surface area contributed by atoms with E-state index in [1.165, 1.54) is 12.0 Å². The van der Waals surface area contributed by atoms with Crippen molar-refractivity contribution < 1.29 is 33.0 Å². The summed E-state index contributed by atoms with van der Waals surface area (Å²) in [5.74, 6) is -2.94. The van der Waals surface area contributed by atoms with Crippen molar-refractivity contribution in [2.24, 2.45) is 0 Å². The number of aliphatic carboxylic acids is 1. The van der Waals surface area contributed by atoms with E-state index in [2.05, 4.69) is 5.32 Å². The Morgan fingerprint density at radius 3 is 2.34 bits per heavy atom. The van der Waals surface area contributed by atoms with Crippen LogP contribution in [0.5, 0.6) is 5.75 Å². The molecule has 0 saturated heterocycles. The molecule has 188 valence electrons. The van der Waals surface area contributed by atoms with Crippen LogP contribution in [0.3, 0.4) is 0 Å². The lowest BCUT2D eigenvalue weighted by Gasteiger charge is -2.36. The number of carbonyl (C=O) groups excluding carboxylic acids is 2. The van der Waals surface area contributed by atoms with E-state index >= 15 is 0 Å². The minimum Gasteiger partial charge on any atom is -0.497 e. The minimum atomic E-state index is -1.05. The van der Waals surface area contributed by atoms with Crippen LogP contribution in [0.15, 0.2) is 30.3 Å². The molecule has 0 spiro atoms. The van der Waals surface area contributed by atoms with Gasteiger partial charge in [-0.3, -0.25) is 14.4 Å². The van der Waals surface area contributed by atoms with Gasteiger partial charge < -0.3 is 20.1 Å². The summed E-state index contributed by atoms with van der Waals surface area (Å²) in [7, 11) is 1.53. The molecule has 0 saturated carbocycles. The largest absolute Gasteiger partial charge is 0.497 e. The first-order valence-corrected chi connectivity index (χ1v) is 11.4. The highest BCUT2D eigenvalue weighted by Crippen LogP contribution is 2.35. The maximum absolute atomic E-state index is 14.7. The summed E-state index contributed by atoms with van der Waals surface area (Å²) in [5, 5.41) is 11.4. The summed E-state index contributed by atoms with van der Waals surface area (Å²) < 4.78 is 34.7. The third-order valence-electron chi connectivity index (χ3n) is 5.99. The first kappa shape index (κ1) is 26.1. The number of halogens is 2. The van der Waals surface area contributed by atoms with Crippen molar-refractivity contribution in [1.82, 2.24) is 4.90 Å². The van der Waals surface area contributed by atoms with E-state index in [4.69, 9.17) is 9.84 Å². The molecule has 0 bridgehead atoms. The summed E-state index contributed by atoms with van der Waals surface area (Å²) in [6, 6.07) is 6.25. The maximum atomic E-state index is 14.7. The van der Waals surface area contributed by atoms with Gasteiger partial charge in [-0.25, -0.2) is 8.78 Å². The van der Waals surface area contributed by atoms with E-state index in [-0.39, 0.29) is 43.0 Å². The lowest BCUT2D eigenvalue weighted by Crippen LogP contribution is -2.45. The predicted molar refractivity (Wildman–Crippen MR) is 126 cm³/mol. The van der Waals surface area contributed by atoms with Crippen LogP contribution in [0.1, 0.15) is 62.8 Å². The van der Waals surface area contributed by atoms with Gasteiger partial charge in [-0.15, -0.1) is 0 Å². The Bertz CT molecular complexity index is 1120. The van der Waals surface area contributed by atoms with Gasteiger partial charge in [0, 0.05) is 30.6 Å². The Kier molecular flexibility index (Phi) is 7.77. The molecule has 0 aromatic heterocycles. The SMILES string of the molecule is COc1ccc2c(c1)CCN(C(=O)CCCC(=O)O)[C@H]2C(=O)Nc1cc(F)c(C(C)(C)C)c(F)c1. The number of rotatable bonds is 7. The third kappa shape index (κ3) is 5.96. The van der Waals surface area contributed by atoms with Crippen molar-refractivity contribution >= 4 is 23.5 Å². The van der Waals surface area contributed by atoms with Crippen LogP contribution in [0.2, 0.25) is 0 Å². The number of ether oxygens (including phenoxy) is 1. The molecule has 0 radical (unpaired) electrons. The predicted octanol–water partition coefficient (Wildman–Crippen LogP) is 4.59. The number of carboxylic acid groups (broad SMARTS) is 1. The second-order valence-corrected chi connectivity index (χ2v) is 9.61. The number of carboxylic acids is 1. The van der Waals surface area contributed by atoms with Crippen LogP contribution in [-0.2, 0) is 26.2 Å². The number of hydrogen-bond acceptors (Lipinski definition) is 4. The van der Waals surface area contributed by atoms with Gasteiger partial charge in [0.1, 0.15) is 23.4 Å². The lowest BCUT2D eigenvalue weighted by atomic mass is 9.86. The van der Waals surface area contributed by atoms with Crippen LogP contribution in [0.25, 0.3) is 0 Å². The average Bonchev–Trinajstić information content (AvgIpc) is 2.75. The summed E-state index contributed by atoms with van der Waals surface area (Å²) >= 11 is 0. The van der Waals surface area contributed by atoms with Gasteiger partial charge in [0.05, 0.1) is 7.11 Å². The Morgan fingerprint density at radius 2 is 1.77 bits per heavy atom. The van der Waals surface area contributed by atoms with E-state index < -0.39 is 35.0 Å². The zero-order chi connectivity index (χ0) is 25.9. The zero-order valence-electron chi connectivity index (χ0n) is 20.3. The van der Waals surface area contributed by atoms with Gasteiger partial charge in [0.2, 0.25) is 5.91 Å². The molecule has 9 heteroatoms. The summed E-state index contributed by atoms with van der Waals surface area (Å²) in [6.45, 7) is 5.30. The van der Waals surface area contributed by atoms with Gasteiger partial charge in [0.15, 0.2) is 0 Å². The summed E-state index contributed by atoms with van der Waals surface area (Å²) in [5.41, 5.74) is 0.489. The minimum absolute atomic E-state index is 0.0366. The number of nitrogens with zero attached hydrogens (tertiary/aromatic N) is 1. The van der Waals surface area contributed by atoms with Gasteiger partial charge in [0.25, 0.3) is 5.91 Å². The molecular formula is C26H30F2N2O5. The van der Waals surface area contributed by atoms with Crippen LogP contribution >= 0.6 is 0 Å². The van der Waals surface area contributed by atoms with Crippen molar-refractivity contribution in [2.75, 3.05) is 19.0 Å². The van der Waals surface area contributed by atoms with Crippen molar-refractivity contribution in [1.29, 1.82) is 0 Å². The fraction of sp³-hybridized carbons (Fsp3) is 0.423. The normalized spacial score (nSPS) is 15.4. The van der Waals surface area contributed by atoms with Crippen molar-refractivity contribution in [3.05, 3.63) is 58.7 Å². The molecule has 1 atom stereocenters.